The van der Waals surface area contributed by atoms with E-state index in [1.807, 2.05) is 0 Å². The Labute approximate surface area is 257 Å². The van der Waals surface area contributed by atoms with Gasteiger partial charge in [-0.2, -0.15) is 0 Å². The molecule has 0 fully saturated rings. The maximum absolute atomic E-state index is 2.46. The van der Waals surface area contributed by atoms with Crippen molar-refractivity contribution in [2.75, 3.05) is 0 Å². The van der Waals surface area contributed by atoms with E-state index in [4.69, 9.17) is 0 Å². The van der Waals surface area contributed by atoms with Gasteiger partial charge in [0.1, 0.15) is 0 Å². The molecule has 11 rings (SSSR count). The molecule has 11 aromatic rings. The average Bonchev–Trinajstić information content (AvgIpc) is 3.82. The second-order valence-corrected chi connectivity index (χ2v) is 12.2. The van der Waals surface area contributed by atoms with Gasteiger partial charge in [-0.05, 0) is 60.7 Å². The monoisotopic (exact) mass is 571 g/mol. The molecule has 0 atom stereocenters. The van der Waals surface area contributed by atoms with E-state index in [2.05, 4.69) is 165 Å². The topological polar surface area (TPSA) is 14.3 Å². The number of hydrogen-bond acceptors (Lipinski definition) is 0. The lowest BCUT2D eigenvalue weighted by Gasteiger charge is -2.11. The normalized spacial score (nSPS) is 12.4. The summed E-state index contributed by atoms with van der Waals surface area (Å²) in [6.45, 7) is 0. The summed E-state index contributed by atoms with van der Waals surface area (Å²) in [5, 5.41) is 10.2. The van der Waals surface area contributed by atoms with Crippen LogP contribution in [0.15, 0.2) is 152 Å². The Hall–Kier alpha value is -6.06. The van der Waals surface area contributed by atoms with Gasteiger partial charge in [0.25, 0.3) is 0 Å². The maximum atomic E-state index is 2.46. The highest BCUT2D eigenvalue weighted by molar-refractivity contribution is 6.24. The fourth-order valence-electron chi connectivity index (χ4n) is 8.14. The summed E-state index contributed by atoms with van der Waals surface area (Å²) < 4.78 is 7.32. The van der Waals surface area contributed by atoms with Gasteiger partial charge in [-0.25, -0.2) is 0 Å². The minimum absolute atomic E-state index is 1.17. The Balaban J connectivity index is 1.25. The zero-order valence-electron chi connectivity index (χ0n) is 24.3. The number of fused-ring (bicyclic) bond motifs is 12. The molecule has 0 bridgehead atoms. The van der Waals surface area contributed by atoms with Gasteiger partial charge in [0, 0.05) is 54.5 Å². The highest BCUT2D eigenvalue weighted by Crippen LogP contribution is 2.42. The van der Waals surface area contributed by atoms with Crippen LogP contribution in [0, 0.1) is 0 Å². The smallest absolute Gasteiger partial charge is 0.0622 e. The van der Waals surface area contributed by atoms with Gasteiger partial charge < -0.3 is 13.5 Å². The van der Waals surface area contributed by atoms with E-state index in [9.17, 15) is 0 Å². The van der Waals surface area contributed by atoms with Gasteiger partial charge in [-0.1, -0.05) is 91.0 Å². The van der Waals surface area contributed by atoms with Crippen LogP contribution in [0.4, 0.5) is 0 Å². The van der Waals surface area contributed by atoms with Crippen LogP contribution in [0.3, 0.4) is 0 Å². The largest absolute Gasteiger partial charge is 0.309 e. The molecular weight excluding hydrogens is 546 g/mol. The molecule has 3 nitrogen and oxygen atoms in total. The van der Waals surface area contributed by atoms with Crippen LogP contribution in [-0.2, 0) is 0 Å². The molecular formula is C42H25N3. The molecule has 0 aliphatic heterocycles. The van der Waals surface area contributed by atoms with Crippen molar-refractivity contribution in [3.8, 4) is 11.4 Å². The molecule has 45 heavy (non-hydrogen) atoms. The first-order chi connectivity index (χ1) is 22.3. The lowest BCUT2D eigenvalue weighted by atomic mass is 10.1. The molecule has 0 N–H and O–H groups in total. The lowest BCUT2D eigenvalue weighted by molar-refractivity contribution is 1.17. The van der Waals surface area contributed by atoms with Crippen LogP contribution >= 0.6 is 0 Å². The van der Waals surface area contributed by atoms with Gasteiger partial charge in [-0.15, -0.1) is 0 Å². The summed E-state index contributed by atoms with van der Waals surface area (Å²) in [7, 11) is 0. The molecule has 4 aromatic heterocycles. The quantitative estimate of drug-likeness (QED) is 0.196. The molecule has 4 heterocycles. The van der Waals surface area contributed by atoms with Crippen LogP contribution in [-0.4, -0.2) is 13.5 Å². The van der Waals surface area contributed by atoms with Crippen molar-refractivity contribution in [2.45, 2.75) is 0 Å². The van der Waals surface area contributed by atoms with Gasteiger partial charge in [0.15, 0.2) is 0 Å². The summed E-state index contributed by atoms with van der Waals surface area (Å²) in [5.41, 5.74) is 11.1. The summed E-state index contributed by atoms with van der Waals surface area (Å²) >= 11 is 0. The minimum atomic E-state index is 1.17. The molecule has 0 aliphatic rings. The molecule has 7 aromatic carbocycles. The number of aromatic nitrogens is 3. The first-order valence-electron chi connectivity index (χ1n) is 15.5. The van der Waals surface area contributed by atoms with Crippen LogP contribution in [0.1, 0.15) is 0 Å². The Morgan fingerprint density at radius 2 is 0.622 bits per heavy atom. The standard InChI is InChI=1S/C42H25N3/c1-6-16-36-28(11-1)29-12-2-7-17-37(29)43(36)26-21-22-41-33(23-26)30-13-3-8-18-38(30)44(41)27-24-34-31-14-4-9-19-39(31)45-40-20-10-5-15-32(40)35(25-27)42(34)45/h1-25H. The molecule has 0 unspecified atom stereocenters. The number of benzene rings is 7. The SMILES string of the molecule is c1ccc2c(c1)c1ccccc1n2-c1ccc2c(c1)c1ccccc1n2-c1cc2c3ccccc3n3c4ccccc4c(c1)c23. The molecule has 3 heteroatoms. The maximum Gasteiger partial charge on any atom is 0.0622 e. The van der Waals surface area contributed by atoms with E-state index in [1.165, 1.54) is 93.1 Å². The predicted octanol–water partition coefficient (Wildman–Crippen LogP) is 11.0. The van der Waals surface area contributed by atoms with Crippen molar-refractivity contribution in [3.05, 3.63) is 152 Å². The van der Waals surface area contributed by atoms with E-state index in [-0.39, 0.29) is 0 Å². The number of rotatable bonds is 2. The van der Waals surface area contributed by atoms with Gasteiger partial charge in [-0.3, -0.25) is 0 Å². The van der Waals surface area contributed by atoms with Crippen molar-refractivity contribution in [3.63, 3.8) is 0 Å². The lowest BCUT2D eigenvalue weighted by Crippen LogP contribution is -1.96. The van der Waals surface area contributed by atoms with Crippen LogP contribution in [0.2, 0.25) is 0 Å². The molecule has 208 valence electrons. The van der Waals surface area contributed by atoms with Crippen LogP contribution in [0.25, 0.3) is 93.1 Å². The number of para-hydroxylation sites is 5. The number of hydrogen-bond donors (Lipinski definition) is 0. The third kappa shape index (κ3) is 2.90. The predicted molar refractivity (Wildman–Crippen MR) is 190 cm³/mol. The first-order valence-corrected chi connectivity index (χ1v) is 15.5. The van der Waals surface area contributed by atoms with Crippen LogP contribution in [0.5, 0.6) is 0 Å². The second kappa shape index (κ2) is 8.31. The van der Waals surface area contributed by atoms with Crippen molar-refractivity contribution in [2.24, 2.45) is 0 Å². The third-order valence-corrected chi connectivity index (χ3v) is 9.94. The van der Waals surface area contributed by atoms with Gasteiger partial charge >= 0.3 is 0 Å². The first kappa shape index (κ1) is 23.4. The Morgan fingerprint density at radius 3 is 1.13 bits per heavy atom. The molecule has 0 radical (unpaired) electrons. The molecule has 0 aliphatic carbocycles. The molecule has 0 amide bonds. The molecule has 0 saturated heterocycles. The number of nitrogens with zero attached hydrogens (tertiary/aromatic N) is 3. The van der Waals surface area contributed by atoms with E-state index >= 15 is 0 Å². The average molecular weight is 572 g/mol. The van der Waals surface area contributed by atoms with Crippen molar-refractivity contribution < 1.29 is 0 Å². The van der Waals surface area contributed by atoms with E-state index in [1.54, 1.807) is 0 Å². The van der Waals surface area contributed by atoms with Crippen molar-refractivity contribution in [1.82, 2.24) is 13.5 Å². The fourth-order valence-corrected chi connectivity index (χ4v) is 8.14. The van der Waals surface area contributed by atoms with Crippen molar-refractivity contribution >= 4 is 81.7 Å². The minimum Gasteiger partial charge on any atom is -0.309 e. The van der Waals surface area contributed by atoms with Gasteiger partial charge in [0.05, 0.1) is 38.6 Å². The van der Waals surface area contributed by atoms with Crippen LogP contribution < -0.4 is 0 Å². The Bertz CT molecular complexity index is 2850. The second-order valence-electron chi connectivity index (χ2n) is 12.2. The fraction of sp³-hybridized carbons (Fsp3) is 0. The molecule has 0 spiro atoms. The third-order valence-electron chi connectivity index (χ3n) is 9.94. The van der Waals surface area contributed by atoms with Crippen molar-refractivity contribution in [1.29, 1.82) is 0 Å². The zero-order valence-corrected chi connectivity index (χ0v) is 24.3. The summed E-state index contributed by atoms with van der Waals surface area (Å²) in [4.78, 5) is 0. The highest BCUT2D eigenvalue weighted by Gasteiger charge is 2.21. The van der Waals surface area contributed by atoms with E-state index < -0.39 is 0 Å². The van der Waals surface area contributed by atoms with E-state index in [0.29, 0.717) is 0 Å². The summed E-state index contributed by atoms with van der Waals surface area (Å²) in [5.74, 6) is 0. The summed E-state index contributed by atoms with van der Waals surface area (Å²) in [6.07, 6.45) is 0. The molecule has 0 saturated carbocycles. The Kier molecular flexibility index (Phi) is 4.32. The highest BCUT2D eigenvalue weighted by atomic mass is 15.0. The summed E-state index contributed by atoms with van der Waals surface area (Å²) in [6, 6.07) is 55.7. The van der Waals surface area contributed by atoms with Gasteiger partial charge in [0.2, 0.25) is 0 Å². The zero-order chi connectivity index (χ0) is 29.2. The van der Waals surface area contributed by atoms with E-state index in [0.717, 1.165) is 0 Å². The Morgan fingerprint density at radius 1 is 0.267 bits per heavy atom.